The van der Waals surface area contributed by atoms with Gasteiger partial charge in [0.05, 0.1) is 0 Å². The third kappa shape index (κ3) is 5.83. The van der Waals surface area contributed by atoms with Crippen LogP contribution < -0.4 is 10.6 Å². The molecule has 0 bridgehead atoms. The average molecular weight is 228 g/mol. The number of hydrogen-bond acceptors (Lipinski definition) is 3. The van der Waals surface area contributed by atoms with Gasteiger partial charge >= 0.3 is 0 Å². The molecule has 96 valence electrons. The number of aliphatic hydroxyl groups excluding tert-OH is 1. The van der Waals surface area contributed by atoms with Crippen LogP contribution in [0.2, 0.25) is 0 Å². The van der Waals surface area contributed by atoms with Crippen LogP contribution in [0.1, 0.15) is 45.4 Å². The van der Waals surface area contributed by atoms with Crippen molar-refractivity contribution >= 4 is 0 Å². The summed E-state index contributed by atoms with van der Waals surface area (Å²) in [5, 5.41) is 16.1. The largest absolute Gasteiger partial charge is 0.396 e. The molecule has 16 heavy (non-hydrogen) atoms. The van der Waals surface area contributed by atoms with Gasteiger partial charge in [0, 0.05) is 19.2 Å². The van der Waals surface area contributed by atoms with E-state index < -0.39 is 0 Å². The fraction of sp³-hybridized carbons (Fsp3) is 1.00. The normalized spacial score (nSPS) is 23.2. The second-order valence-corrected chi connectivity index (χ2v) is 4.97. The SMILES string of the molecule is CCCC(CCO)CNCC1CCCCN1. The minimum absolute atomic E-state index is 0.327. The van der Waals surface area contributed by atoms with E-state index in [-0.39, 0.29) is 0 Å². The minimum atomic E-state index is 0.327. The number of rotatable bonds is 8. The lowest BCUT2D eigenvalue weighted by Crippen LogP contribution is -2.42. The highest BCUT2D eigenvalue weighted by molar-refractivity contribution is 4.75. The van der Waals surface area contributed by atoms with Crippen molar-refractivity contribution in [3.8, 4) is 0 Å². The van der Waals surface area contributed by atoms with Gasteiger partial charge in [0.2, 0.25) is 0 Å². The van der Waals surface area contributed by atoms with Gasteiger partial charge in [-0.2, -0.15) is 0 Å². The van der Waals surface area contributed by atoms with Gasteiger partial charge in [0.15, 0.2) is 0 Å². The maximum Gasteiger partial charge on any atom is 0.0434 e. The molecule has 0 aromatic rings. The monoisotopic (exact) mass is 228 g/mol. The van der Waals surface area contributed by atoms with Crippen LogP contribution in [-0.4, -0.2) is 37.4 Å². The molecule has 3 nitrogen and oxygen atoms in total. The lowest BCUT2D eigenvalue weighted by atomic mass is 9.99. The maximum absolute atomic E-state index is 8.97. The quantitative estimate of drug-likeness (QED) is 0.590. The van der Waals surface area contributed by atoms with Gasteiger partial charge in [-0.05, 0) is 44.7 Å². The molecule has 0 amide bonds. The molecule has 2 unspecified atom stereocenters. The Hall–Kier alpha value is -0.120. The van der Waals surface area contributed by atoms with Crippen molar-refractivity contribution in [1.82, 2.24) is 10.6 Å². The molecule has 1 rings (SSSR count). The van der Waals surface area contributed by atoms with Crippen LogP contribution in [0.5, 0.6) is 0 Å². The first kappa shape index (κ1) is 13.9. The van der Waals surface area contributed by atoms with Crippen LogP contribution in [0.4, 0.5) is 0 Å². The Morgan fingerprint density at radius 1 is 1.38 bits per heavy atom. The number of hydrogen-bond donors (Lipinski definition) is 3. The molecular weight excluding hydrogens is 200 g/mol. The van der Waals surface area contributed by atoms with Crippen LogP contribution in [0, 0.1) is 5.92 Å². The topological polar surface area (TPSA) is 44.3 Å². The molecule has 1 heterocycles. The van der Waals surface area contributed by atoms with E-state index >= 15 is 0 Å². The first-order valence-corrected chi connectivity index (χ1v) is 6.91. The van der Waals surface area contributed by atoms with Gasteiger partial charge < -0.3 is 15.7 Å². The summed E-state index contributed by atoms with van der Waals surface area (Å²) in [6.07, 6.45) is 7.40. The third-order valence-corrected chi connectivity index (χ3v) is 3.47. The van der Waals surface area contributed by atoms with Gasteiger partial charge in [-0.3, -0.25) is 0 Å². The van der Waals surface area contributed by atoms with Crippen molar-refractivity contribution in [2.75, 3.05) is 26.2 Å². The van der Waals surface area contributed by atoms with E-state index in [0.29, 0.717) is 18.6 Å². The Kier molecular flexibility index (Phi) is 7.81. The highest BCUT2D eigenvalue weighted by Crippen LogP contribution is 2.10. The average Bonchev–Trinajstić information content (AvgIpc) is 2.31. The van der Waals surface area contributed by atoms with Crippen molar-refractivity contribution in [3.05, 3.63) is 0 Å². The molecule has 3 N–H and O–H groups in total. The lowest BCUT2D eigenvalue weighted by molar-refractivity contribution is 0.246. The summed E-state index contributed by atoms with van der Waals surface area (Å²) >= 11 is 0. The molecule has 2 atom stereocenters. The van der Waals surface area contributed by atoms with Gasteiger partial charge in [-0.1, -0.05) is 19.8 Å². The minimum Gasteiger partial charge on any atom is -0.396 e. The zero-order chi connectivity index (χ0) is 11.6. The summed E-state index contributed by atoms with van der Waals surface area (Å²) in [4.78, 5) is 0. The van der Waals surface area contributed by atoms with Crippen molar-refractivity contribution in [1.29, 1.82) is 0 Å². The molecule has 0 radical (unpaired) electrons. The van der Waals surface area contributed by atoms with E-state index in [1.807, 2.05) is 0 Å². The molecule has 1 fully saturated rings. The van der Waals surface area contributed by atoms with Crippen molar-refractivity contribution < 1.29 is 5.11 Å². The van der Waals surface area contributed by atoms with E-state index in [9.17, 15) is 0 Å². The Balaban J connectivity index is 2.06. The maximum atomic E-state index is 8.97. The Morgan fingerprint density at radius 2 is 2.25 bits per heavy atom. The molecular formula is C13H28N2O. The second-order valence-electron chi connectivity index (χ2n) is 4.97. The fourth-order valence-electron chi connectivity index (χ4n) is 2.50. The second kappa shape index (κ2) is 8.97. The van der Waals surface area contributed by atoms with Crippen LogP contribution in [0.15, 0.2) is 0 Å². The zero-order valence-electron chi connectivity index (χ0n) is 10.7. The number of aliphatic hydroxyl groups is 1. The summed E-state index contributed by atoms with van der Waals surface area (Å²) in [6.45, 7) is 5.88. The van der Waals surface area contributed by atoms with Gasteiger partial charge in [0.1, 0.15) is 0 Å². The zero-order valence-corrected chi connectivity index (χ0v) is 10.7. The smallest absolute Gasteiger partial charge is 0.0434 e. The van der Waals surface area contributed by atoms with E-state index in [2.05, 4.69) is 17.6 Å². The first-order chi connectivity index (χ1) is 7.86. The molecule has 0 aromatic carbocycles. The fourth-order valence-corrected chi connectivity index (χ4v) is 2.50. The predicted octanol–water partition coefficient (Wildman–Crippen LogP) is 1.52. The first-order valence-electron chi connectivity index (χ1n) is 6.91. The molecule has 1 aliphatic rings. The molecule has 0 aliphatic carbocycles. The van der Waals surface area contributed by atoms with Gasteiger partial charge in [-0.15, -0.1) is 0 Å². The third-order valence-electron chi connectivity index (χ3n) is 3.47. The Morgan fingerprint density at radius 3 is 2.88 bits per heavy atom. The van der Waals surface area contributed by atoms with Gasteiger partial charge in [0.25, 0.3) is 0 Å². The lowest BCUT2D eigenvalue weighted by Gasteiger charge is -2.25. The van der Waals surface area contributed by atoms with Crippen molar-refractivity contribution in [3.63, 3.8) is 0 Å². The summed E-state index contributed by atoms with van der Waals surface area (Å²) in [6, 6.07) is 0.671. The molecule has 0 aromatic heterocycles. The highest BCUT2D eigenvalue weighted by atomic mass is 16.3. The van der Waals surface area contributed by atoms with E-state index in [1.54, 1.807) is 0 Å². The van der Waals surface area contributed by atoms with Crippen LogP contribution >= 0.6 is 0 Å². The molecule has 1 aliphatic heterocycles. The molecule has 1 saturated heterocycles. The summed E-state index contributed by atoms with van der Waals surface area (Å²) < 4.78 is 0. The van der Waals surface area contributed by atoms with E-state index in [0.717, 1.165) is 19.5 Å². The summed E-state index contributed by atoms with van der Waals surface area (Å²) in [5.74, 6) is 0.651. The predicted molar refractivity (Wildman–Crippen MR) is 68.6 cm³/mol. The Labute approximate surface area is 100 Å². The Bertz CT molecular complexity index is 152. The molecule has 0 saturated carbocycles. The van der Waals surface area contributed by atoms with Crippen LogP contribution in [-0.2, 0) is 0 Å². The van der Waals surface area contributed by atoms with E-state index in [4.69, 9.17) is 5.11 Å². The molecule has 3 heteroatoms. The molecule has 0 spiro atoms. The van der Waals surface area contributed by atoms with Crippen molar-refractivity contribution in [2.24, 2.45) is 5.92 Å². The summed E-state index contributed by atoms with van der Waals surface area (Å²) in [5.41, 5.74) is 0. The summed E-state index contributed by atoms with van der Waals surface area (Å²) in [7, 11) is 0. The van der Waals surface area contributed by atoms with Gasteiger partial charge in [-0.25, -0.2) is 0 Å². The van der Waals surface area contributed by atoms with Crippen molar-refractivity contribution in [2.45, 2.75) is 51.5 Å². The standard InChI is InChI=1S/C13H28N2O/c1-2-5-12(7-9-16)10-14-11-13-6-3-4-8-15-13/h12-16H,2-11H2,1H3. The van der Waals surface area contributed by atoms with Crippen LogP contribution in [0.25, 0.3) is 0 Å². The number of nitrogens with one attached hydrogen (secondary N) is 2. The highest BCUT2D eigenvalue weighted by Gasteiger charge is 2.13. The number of piperidine rings is 1. The van der Waals surface area contributed by atoms with Crippen LogP contribution in [0.3, 0.4) is 0 Å². The van der Waals surface area contributed by atoms with E-state index in [1.165, 1.54) is 38.6 Å².